The molecule has 0 radical (unpaired) electrons. The molecule has 96 valence electrons. The minimum absolute atomic E-state index is 0.232. The Bertz CT molecular complexity index is 492. The number of nitrogens with zero attached hydrogens (tertiary/aromatic N) is 2. The molecule has 0 saturated carbocycles. The highest BCUT2D eigenvalue weighted by Gasteiger charge is 2.23. The number of thiazole rings is 1. The molecule has 1 aromatic heterocycles. The van der Waals surface area contributed by atoms with Gasteiger partial charge in [0.25, 0.3) is 0 Å². The van der Waals surface area contributed by atoms with E-state index in [1.54, 1.807) is 11.3 Å². The van der Waals surface area contributed by atoms with Crippen molar-refractivity contribution in [1.29, 1.82) is 0 Å². The molecule has 1 fully saturated rings. The van der Waals surface area contributed by atoms with E-state index in [1.807, 2.05) is 6.07 Å². The normalized spacial score (nSPS) is 21.2. The van der Waals surface area contributed by atoms with Gasteiger partial charge in [-0.1, -0.05) is 36.3 Å². The SMILES string of the molecule is OCC1CCCCCN1c1nc2ccccc2s1. The first-order valence-corrected chi connectivity index (χ1v) is 7.43. The summed E-state index contributed by atoms with van der Waals surface area (Å²) in [4.78, 5) is 7.01. The summed E-state index contributed by atoms with van der Waals surface area (Å²) < 4.78 is 1.23. The third-order valence-corrected chi connectivity index (χ3v) is 4.69. The van der Waals surface area contributed by atoms with Gasteiger partial charge >= 0.3 is 0 Å². The van der Waals surface area contributed by atoms with E-state index in [-0.39, 0.29) is 12.6 Å². The molecule has 0 spiro atoms. The molecule has 1 aliphatic heterocycles. The molecule has 1 saturated heterocycles. The average Bonchev–Trinajstić information content (AvgIpc) is 2.68. The van der Waals surface area contributed by atoms with Crippen LogP contribution in [-0.2, 0) is 0 Å². The van der Waals surface area contributed by atoms with Crippen LogP contribution in [0.4, 0.5) is 5.13 Å². The van der Waals surface area contributed by atoms with Crippen molar-refractivity contribution in [3.05, 3.63) is 24.3 Å². The maximum Gasteiger partial charge on any atom is 0.186 e. The molecule has 18 heavy (non-hydrogen) atoms. The molecular weight excluding hydrogens is 244 g/mol. The first-order valence-electron chi connectivity index (χ1n) is 6.61. The molecular formula is C14H18N2OS. The van der Waals surface area contributed by atoms with Gasteiger partial charge in [0, 0.05) is 6.54 Å². The largest absolute Gasteiger partial charge is 0.394 e. The number of hydrogen-bond donors (Lipinski definition) is 1. The fourth-order valence-corrected chi connectivity index (χ4v) is 3.67. The summed E-state index contributed by atoms with van der Waals surface area (Å²) in [6.45, 7) is 1.25. The van der Waals surface area contributed by atoms with Gasteiger partial charge in [-0.25, -0.2) is 4.98 Å². The Morgan fingerprint density at radius 2 is 2.17 bits per heavy atom. The van der Waals surface area contributed by atoms with Crippen molar-refractivity contribution < 1.29 is 5.11 Å². The molecule has 2 heterocycles. The Morgan fingerprint density at radius 3 is 3.00 bits per heavy atom. The van der Waals surface area contributed by atoms with Crippen LogP contribution in [0.25, 0.3) is 10.2 Å². The van der Waals surface area contributed by atoms with Crippen LogP contribution in [0.3, 0.4) is 0 Å². The van der Waals surface area contributed by atoms with Crippen LogP contribution in [0.1, 0.15) is 25.7 Å². The highest BCUT2D eigenvalue weighted by Crippen LogP contribution is 2.32. The van der Waals surface area contributed by atoms with E-state index in [4.69, 9.17) is 4.98 Å². The van der Waals surface area contributed by atoms with Gasteiger partial charge in [0.1, 0.15) is 0 Å². The molecule has 1 aliphatic rings. The van der Waals surface area contributed by atoms with E-state index in [9.17, 15) is 5.11 Å². The number of fused-ring (bicyclic) bond motifs is 1. The fraction of sp³-hybridized carbons (Fsp3) is 0.500. The van der Waals surface area contributed by atoms with Crippen molar-refractivity contribution >= 4 is 26.7 Å². The zero-order valence-electron chi connectivity index (χ0n) is 10.4. The van der Waals surface area contributed by atoms with Crippen LogP contribution in [0.15, 0.2) is 24.3 Å². The molecule has 0 aliphatic carbocycles. The van der Waals surface area contributed by atoms with Crippen LogP contribution in [-0.4, -0.2) is 29.3 Å². The minimum Gasteiger partial charge on any atom is -0.394 e. The molecule has 3 nitrogen and oxygen atoms in total. The van der Waals surface area contributed by atoms with Crippen molar-refractivity contribution in [3.8, 4) is 0 Å². The number of aliphatic hydroxyl groups excluding tert-OH is 1. The van der Waals surface area contributed by atoms with Gasteiger partial charge in [0.2, 0.25) is 0 Å². The maximum atomic E-state index is 9.56. The number of rotatable bonds is 2. The molecule has 0 bridgehead atoms. The summed E-state index contributed by atoms with van der Waals surface area (Å²) in [7, 11) is 0. The number of para-hydroxylation sites is 1. The number of aromatic nitrogens is 1. The summed E-state index contributed by atoms with van der Waals surface area (Å²) >= 11 is 1.74. The van der Waals surface area contributed by atoms with Gasteiger partial charge < -0.3 is 10.0 Å². The Morgan fingerprint density at radius 1 is 1.28 bits per heavy atom. The van der Waals surface area contributed by atoms with Crippen LogP contribution in [0.5, 0.6) is 0 Å². The number of hydrogen-bond acceptors (Lipinski definition) is 4. The summed E-state index contributed by atoms with van der Waals surface area (Å²) in [5.41, 5.74) is 1.07. The Kier molecular flexibility index (Phi) is 3.48. The van der Waals surface area contributed by atoms with Crippen molar-refractivity contribution in [1.82, 2.24) is 4.98 Å². The van der Waals surface area contributed by atoms with Crippen LogP contribution >= 0.6 is 11.3 Å². The van der Waals surface area contributed by atoms with Crippen molar-refractivity contribution in [3.63, 3.8) is 0 Å². The first-order chi connectivity index (χ1) is 8.88. The van der Waals surface area contributed by atoms with E-state index < -0.39 is 0 Å². The fourth-order valence-electron chi connectivity index (χ4n) is 2.60. The van der Waals surface area contributed by atoms with Gasteiger partial charge in [-0.15, -0.1) is 0 Å². The lowest BCUT2D eigenvalue weighted by Crippen LogP contribution is -2.37. The maximum absolute atomic E-state index is 9.56. The summed E-state index contributed by atoms with van der Waals surface area (Å²) in [6.07, 6.45) is 4.75. The highest BCUT2D eigenvalue weighted by atomic mass is 32.1. The summed E-state index contributed by atoms with van der Waals surface area (Å²) in [5, 5.41) is 10.6. The molecule has 0 amide bonds. The molecule has 3 rings (SSSR count). The Labute approximate surface area is 111 Å². The predicted molar refractivity (Wildman–Crippen MR) is 76.3 cm³/mol. The standard InChI is InChI=1S/C14H18N2OS/c17-10-11-6-2-1-5-9-16(11)14-15-12-7-3-4-8-13(12)18-14/h3-4,7-8,11,17H,1-2,5-6,9-10H2. The summed E-state index contributed by atoms with van der Waals surface area (Å²) in [5.74, 6) is 0. The first kappa shape index (κ1) is 11.9. The van der Waals surface area contributed by atoms with Crippen molar-refractivity contribution in [2.24, 2.45) is 0 Å². The van der Waals surface area contributed by atoms with Crippen LogP contribution in [0.2, 0.25) is 0 Å². The van der Waals surface area contributed by atoms with Gasteiger partial charge in [0.15, 0.2) is 5.13 Å². The number of aliphatic hydroxyl groups is 1. The number of benzene rings is 1. The molecule has 4 heteroatoms. The highest BCUT2D eigenvalue weighted by molar-refractivity contribution is 7.22. The smallest absolute Gasteiger partial charge is 0.186 e. The third kappa shape index (κ3) is 2.22. The molecule has 1 unspecified atom stereocenters. The lowest BCUT2D eigenvalue weighted by molar-refractivity contribution is 0.255. The minimum atomic E-state index is 0.232. The van der Waals surface area contributed by atoms with Gasteiger partial charge in [-0.2, -0.15) is 0 Å². The lowest BCUT2D eigenvalue weighted by Gasteiger charge is -2.27. The Balaban J connectivity index is 1.95. The third-order valence-electron chi connectivity index (χ3n) is 3.62. The lowest BCUT2D eigenvalue weighted by atomic mass is 10.1. The van der Waals surface area contributed by atoms with Crippen LogP contribution < -0.4 is 4.90 Å². The van der Waals surface area contributed by atoms with Crippen molar-refractivity contribution in [2.45, 2.75) is 31.7 Å². The van der Waals surface area contributed by atoms with E-state index in [0.29, 0.717) is 0 Å². The van der Waals surface area contributed by atoms with Crippen molar-refractivity contribution in [2.75, 3.05) is 18.1 Å². The molecule has 1 aromatic carbocycles. The Hall–Kier alpha value is -1.13. The van der Waals surface area contributed by atoms with Gasteiger partial charge in [-0.05, 0) is 25.0 Å². The van der Waals surface area contributed by atoms with E-state index in [2.05, 4.69) is 23.1 Å². The molecule has 1 atom stereocenters. The monoisotopic (exact) mass is 262 g/mol. The van der Waals surface area contributed by atoms with E-state index in [0.717, 1.165) is 23.6 Å². The topological polar surface area (TPSA) is 36.4 Å². The van der Waals surface area contributed by atoms with Gasteiger partial charge in [0.05, 0.1) is 22.9 Å². The summed E-state index contributed by atoms with van der Waals surface area (Å²) in [6, 6.07) is 8.49. The van der Waals surface area contributed by atoms with E-state index >= 15 is 0 Å². The van der Waals surface area contributed by atoms with Gasteiger partial charge in [-0.3, -0.25) is 0 Å². The second-order valence-electron chi connectivity index (χ2n) is 4.84. The molecule has 1 N–H and O–H groups in total. The second kappa shape index (κ2) is 5.24. The quantitative estimate of drug-likeness (QED) is 0.903. The second-order valence-corrected chi connectivity index (χ2v) is 5.85. The van der Waals surface area contributed by atoms with Crippen LogP contribution in [0, 0.1) is 0 Å². The average molecular weight is 262 g/mol. The predicted octanol–water partition coefficient (Wildman–Crippen LogP) is 3.04. The number of anilines is 1. The zero-order valence-corrected chi connectivity index (χ0v) is 11.2. The zero-order chi connectivity index (χ0) is 12.4. The van der Waals surface area contributed by atoms with E-state index in [1.165, 1.54) is 24.0 Å². The molecule has 2 aromatic rings.